The summed E-state index contributed by atoms with van der Waals surface area (Å²) in [5.74, 6) is 0.984. The average Bonchev–Trinajstić information content (AvgIpc) is 3.21. The van der Waals surface area contributed by atoms with E-state index in [0.29, 0.717) is 12.6 Å². The lowest BCUT2D eigenvalue weighted by Gasteiger charge is -2.23. The van der Waals surface area contributed by atoms with Gasteiger partial charge in [0, 0.05) is 24.7 Å². The number of benzene rings is 3. The van der Waals surface area contributed by atoms with Crippen molar-refractivity contribution in [2.24, 2.45) is 0 Å². The number of likely N-dealkylation sites (tertiary alicyclic amines) is 1. The molecule has 0 saturated carbocycles. The van der Waals surface area contributed by atoms with E-state index >= 15 is 0 Å². The molecule has 29 heavy (non-hydrogen) atoms. The molecule has 0 amide bonds. The van der Waals surface area contributed by atoms with Gasteiger partial charge in [-0.15, -0.1) is 0 Å². The largest absolute Gasteiger partial charge is 0.489 e. The fourth-order valence-electron chi connectivity index (χ4n) is 4.47. The van der Waals surface area contributed by atoms with E-state index in [-0.39, 0.29) is 0 Å². The molecule has 1 heterocycles. The minimum absolute atomic E-state index is 0.601. The van der Waals surface area contributed by atoms with Gasteiger partial charge in [-0.05, 0) is 60.8 Å². The van der Waals surface area contributed by atoms with Crippen LogP contribution in [0.5, 0.6) is 5.75 Å². The average molecular weight is 389 g/mol. The van der Waals surface area contributed by atoms with E-state index in [4.69, 9.17) is 4.74 Å². The van der Waals surface area contributed by atoms with Crippen molar-refractivity contribution in [1.29, 1.82) is 0 Å². The number of aryl methyl sites for hydroxylation is 1. The van der Waals surface area contributed by atoms with Gasteiger partial charge in [-0.3, -0.25) is 4.90 Å². The summed E-state index contributed by atoms with van der Waals surface area (Å²) in [5.41, 5.74) is 3.77. The van der Waals surface area contributed by atoms with Gasteiger partial charge >= 0.3 is 0 Å². The normalized spacial score (nSPS) is 17.1. The molecule has 4 rings (SSSR count). The Hall–Kier alpha value is -2.36. The molecule has 3 heteroatoms. The molecule has 0 aromatic heterocycles. The molecule has 1 aliphatic rings. The second-order valence-electron chi connectivity index (χ2n) is 8.03. The van der Waals surface area contributed by atoms with Crippen LogP contribution in [0.3, 0.4) is 0 Å². The van der Waals surface area contributed by atoms with Gasteiger partial charge in [0.1, 0.15) is 12.4 Å². The molecule has 0 unspecified atom stereocenters. The molecule has 0 aliphatic carbocycles. The summed E-state index contributed by atoms with van der Waals surface area (Å²) in [5, 5.41) is 6.27. The Morgan fingerprint density at radius 3 is 2.72 bits per heavy atom. The zero-order valence-electron chi connectivity index (χ0n) is 17.7. The first-order valence-electron chi connectivity index (χ1n) is 10.9. The lowest BCUT2D eigenvalue weighted by atomic mass is 10.0. The van der Waals surface area contributed by atoms with Crippen LogP contribution in [-0.2, 0) is 13.2 Å². The highest BCUT2D eigenvalue weighted by Gasteiger charge is 2.22. The Labute approximate surface area is 174 Å². The Morgan fingerprint density at radius 1 is 1.03 bits per heavy atom. The van der Waals surface area contributed by atoms with Gasteiger partial charge in [0.25, 0.3) is 0 Å². The monoisotopic (exact) mass is 388 g/mol. The van der Waals surface area contributed by atoms with Crippen molar-refractivity contribution in [3.63, 3.8) is 0 Å². The van der Waals surface area contributed by atoms with Crippen molar-refractivity contribution in [2.45, 2.75) is 45.9 Å². The van der Waals surface area contributed by atoms with Gasteiger partial charge in [0.05, 0.1) is 0 Å². The second kappa shape index (κ2) is 9.43. The molecule has 1 atom stereocenters. The van der Waals surface area contributed by atoms with E-state index in [1.807, 2.05) is 0 Å². The Kier molecular flexibility index (Phi) is 6.48. The van der Waals surface area contributed by atoms with Crippen molar-refractivity contribution in [1.82, 2.24) is 10.2 Å². The summed E-state index contributed by atoms with van der Waals surface area (Å²) in [6.45, 7) is 9.26. The summed E-state index contributed by atoms with van der Waals surface area (Å²) < 4.78 is 6.33. The molecule has 0 bridgehead atoms. The third-order valence-corrected chi connectivity index (χ3v) is 6.23. The van der Waals surface area contributed by atoms with Gasteiger partial charge in [0.2, 0.25) is 0 Å². The van der Waals surface area contributed by atoms with Crippen LogP contribution in [0, 0.1) is 6.92 Å². The zero-order valence-corrected chi connectivity index (χ0v) is 17.7. The third kappa shape index (κ3) is 4.63. The molecule has 1 saturated heterocycles. The summed E-state index contributed by atoms with van der Waals surface area (Å²) in [6.07, 6.45) is 2.62. The van der Waals surface area contributed by atoms with Crippen LogP contribution in [0.1, 0.15) is 36.5 Å². The van der Waals surface area contributed by atoms with Crippen molar-refractivity contribution in [3.05, 3.63) is 77.4 Å². The lowest BCUT2D eigenvalue weighted by molar-refractivity contribution is 0.259. The minimum atomic E-state index is 0.601. The molecule has 0 spiro atoms. The summed E-state index contributed by atoms with van der Waals surface area (Å²) in [6, 6.07) is 22.0. The predicted molar refractivity (Wildman–Crippen MR) is 121 cm³/mol. The molecule has 152 valence electrons. The maximum Gasteiger partial charge on any atom is 0.124 e. The number of hydrogen-bond acceptors (Lipinski definition) is 3. The first kappa shape index (κ1) is 19.9. The molecule has 1 N–H and O–H groups in total. The number of hydrogen-bond donors (Lipinski definition) is 1. The van der Waals surface area contributed by atoms with Crippen molar-refractivity contribution >= 4 is 10.8 Å². The van der Waals surface area contributed by atoms with Crippen LogP contribution < -0.4 is 10.1 Å². The summed E-state index contributed by atoms with van der Waals surface area (Å²) >= 11 is 0. The van der Waals surface area contributed by atoms with E-state index in [9.17, 15) is 0 Å². The number of nitrogens with zero attached hydrogens (tertiary/aromatic N) is 1. The smallest absolute Gasteiger partial charge is 0.124 e. The van der Waals surface area contributed by atoms with Gasteiger partial charge in [-0.1, -0.05) is 61.5 Å². The lowest BCUT2D eigenvalue weighted by Crippen LogP contribution is -2.37. The second-order valence-corrected chi connectivity index (χ2v) is 8.03. The van der Waals surface area contributed by atoms with E-state index in [1.54, 1.807) is 0 Å². The van der Waals surface area contributed by atoms with Crippen LogP contribution in [0.2, 0.25) is 0 Å². The number of nitrogens with one attached hydrogen (secondary N) is 1. The Balaban J connectivity index is 1.52. The highest BCUT2D eigenvalue weighted by Crippen LogP contribution is 2.29. The fourth-order valence-corrected chi connectivity index (χ4v) is 4.47. The van der Waals surface area contributed by atoms with Crippen molar-refractivity contribution < 1.29 is 4.74 Å². The van der Waals surface area contributed by atoms with E-state index in [1.165, 1.54) is 46.8 Å². The van der Waals surface area contributed by atoms with E-state index in [2.05, 4.69) is 84.7 Å². The standard InChI is InChI=1S/C26H32N2O/c1-3-28-16-8-12-23(28)17-27-18-25-24-13-7-6-10-21(24)14-15-26(25)29-19-22-11-5-4-9-20(22)2/h4-7,9-11,13-15,23,27H,3,8,12,16-19H2,1-2H3/t23-/m0/s1. The SMILES string of the molecule is CCN1CCC[C@H]1CNCc1c(OCc2ccccc2C)ccc2ccccc12. The van der Waals surface area contributed by atoms with Crippen molar-refractivity contribution in [3.8, 4) is 5.75 Å². The van der Waals surface area contributed by atoms with Gasteiger partial charge in [0.15, 0.2) is 0 Å². The first-order chi connectivity index (χ1) is 14.3. The van der Waals surface area contributed by atoms with Crippen LogP contribution in [-0.4, -0.2) is 30.6 Å². The van der Waals surface area contributed by atoms with Gasteiger partial charge in [-0.2, -0.15) is 0 Å². The van der Waals surface area contributed by atoms with Crippen LogP contribution in [0.15, 0.2) is 60.7 Å². The first-order valence-corrected chi connectivity index (χ1v) is 10.9. The summed E-state index contributed by atoms with van der Waals surface area (Å²) in [4.78, 5) is 2.59. The Morgan fingerprint density at radius 2 is 1.86 bits per heavy atom. The van der Waals surface area contributed by atoms with Gasteiger partial charge < -0.3 is 10.1 Å². The molecular weight excluding hydrogens is 356 g/mol. The Bertz CT molecular complexity index is 952. The highest BCUT2D eigenvalue weighted by molar-refractivity contribution is 5.87. The topological polar surface area (TPSA) is 24.5 Å². The van der Waals surface area contributed by atoms with Crippen molar-refractivity contribution in [2.75, 3.05) is 19.6 Å². The maximum atomic E-state index is 6.33. The third-order valence-electron chi connectivity index (χ3n) is 6.23. The van der Waals surface area contributed by atoms with Crippen LogP contribution in [0.25, 0.3) is 10.8 Å². The number of rotatable bonds is 8. The zero-order chi connectivity index (χ0) is 20.1. The molecule has 3 aromatic carbocycles. The quantitative estimate of drug-likeness (QED) is 0.567. The molecule has 1 fully saturated rings. The number of fused-ring (bicyclic) bond motifs is 1. The summed E-state index contributed by atoms with van der Waals surface area (Å²) in [7, 11) is 0. The molecular formula is C26H32N2O. The van der Waals surface area contributed by atoms with Gasteiger partial charge in [-0.25, -0.2) is 0 Å². The van der Waals surface area contributed by atoms with Crippen LogP contribution >= 0.6 is 0 Å². The molecule has 0 radical (unpaired) electrons. The number of likely N-dealkylation sites (N-methyl/N-ethyl adjacent to an activating group) is 1. The molecule has 3 aromatic rings. The highest BCUT2D eigenvalue weighted by atomic mass is 16.5. The molecule has 1 aliphatic heterocycles. The molecule has 3 nitrogen and oxygen atoms in total. The van der Waals surface area contributed by atoms with Crippen LogP contribution in [0.4, 0.5) is 0 Å². The fraction of sp³-hybridized carbons (Fsp3) is 0.385. The van der Waals surface area contributed by atoms with E-state index < -0.39 is 0 Å². The maximum absolute atomic E-state index is 6.33. The van der Waals surface area contributed by atoms with E-state index in [0.717, 1.165) is 25.4 Å². The predicted octanol–water partition coefficient (Wildman–Crippen LogP) is 5.30. The minimum Gasteiger partial charge on any atom is -0.489 e. The number of ether oxygens (including phenoxy) is 1.